The third-order valence-corrected chi connectivity index (χ3v) is 2.94. The monoisotopic (exact) mass is 238 g/mol. The van der Waals surface area contributed by atoms with Crippen LogP contribution in [0.3, 0.4) is 0 Å². The maximum absolute atomic E-state index is 11.3. The molecule has 5 heteroatoms. The second kappa shape index (κ2) is 3.72. The fourth-order valence-corrected chi connectivity index (χ4v) is 1.83. The van der Waals surface area contributed by atoms with Gasteiger partial charge in [0.2, 0.25) is 0 Å². The van der Waals surface area contributed by atoms with Crippen molar-refractivity contribution < 1.29 is 19.0 Å². The molecule has 4 nitrogen and oxygen atoms in total. The van der Waals surface area contributed by atoms with Gasteiger partial charge in [-0.25, -0.2) is 0 Å². The number of methoxy groups -OCH3 is 2. The number of hydrogen-bond donors (Lipinski definition) is 0. The molecule has 0 aromatic rings. The number of rotatable bonds is 2. The number of carbonyl (C=O) groups is 1. The van der Waals surface area contributed by atoms with Gasteiger partial charge in [0.1, 0.15) is 0 Å². The van der Waals surface area contributed by atoms with E-state index in [0.29, 0.717) is 13.0 Å². The van der Waals surface area contributed by atoms with Gasteiger partial charge in [-0.3, -0.25) is 4.79 Å². The Labute approximate surface area is 79.3 Å². The van der Waals surface area contributed by atoms with Crippen LogP contribution in [0.1, 0.15) is 6.42 Å². The molecule has 0 aromatic carbocycles. The van der Waals surface area contributed by atoms with Crippen LogP contribution in [0.2, 0.25) is 0 Å². The van der Waals surface area contributed by atoms with Gasteiger partial charge in [-0.1, -0.05) is 15.9 Å². The van der Waals surface area contributed by atoms with E-state index in [1.807, 2.05) is 0 Å². The first-order chi connectivity index (χ1) is 5.65. The minimum Gasteiger partial charge on any atom is -0.468 e. The van der Waals surface area contributed by atoms with Crippen molar-refractivity contribution in [2.45, 2.75) is 17.0 Å². The lowest BCUT2D eigenvalue weighted by molar-refractivity contribution is -0.156. The predicted octanol–water partition coefficient (Wildman–Crippen LogP) is 0.686. The first-order valence-corrected chi connectivity index (χ1v) is 4.36. The Hall–Kier alpha value is -0.130. The van der Waals surface area contributed by atoms with Crippen LogP contribution in [0.15, 0.2) is 0 Å². The number of ether oxygens (including phenoxy) is 3. The maximum atomic E-state index is 11.3. The third kappa shape index (κ3) is 1.48. The van der Waals surface area contributed by atoms with Gasteiger partial charge in [0.15, 0.2) is 10.6 Å². The van der Waals surface area contributed by atoms with E-state index < -0.39 is 10.6 Å². The van der Waals surface area contributed by atoms with Crippen LogP contribution >= 0.6 is 15.9 Å². The standard InChI is InChI=1S/C7H11BrO4/c1-10-5(9)7(8)3-4-12-6(7)11-2/h6H,3-4H2,1-2H3. The molecule has 1 rings (SSSR count). The molecule has 1 saturated heterocycles. The lowest BCUT2D eigenvalue weighted by Crippen LogP contribution is -2.42. The number of carbonyl (C=O) groups excluding carboxylic acids is 1. The van der Waals surface area contributed by atoms with E-state index in [1.165, 1.54) is 14.2 Å². The number of halogens is 1. The summed E-state index contributed by atoms with van der Waals surface area (Å²) in [5.41, 5.74) is 0. The maximum Gasteiger partial charge on any atom is 0.327 e. The van der Waals surface area contributed by atoms with Crippen molar-refractivity contribution >= 4 is 21.9 Å². The zero-order chi connectivity index (χ0) is 9.19. The average Bonchev–Trinajstić information content (AvgIpc) is 2.46. The Balaban J connectivity index is 2.74. The van der Waals surface area contributed by atoms with E-state index in [1.54, 1.807) is 0 Å². The zero-order valence-electron chi connectivity index (χ0n) is 7.00. The van der Waals surface area contributed by atoms with Crippen molar-refractivity contribution in [3.05, 3.63) is 0 Å². The summed E-state index contributed by atoms with van der Waals surface area (Å²) in [5, 5.41) is 0. The van der Waals surface area contributed by atoms with E-state index in [0.717, 1.165) is 0 Å². The number of alkyl halides is 1. The van der Waals surface area contributed by atoms with Gasteiger partial charge in [-0.15, -0.1) is 0 Å². The Bertz CT molecular complexity index is 184. The van der Waals surface area contributed by atoms with Gasteiger partial charge < -0.3 is 14.2 Å². The van der Waals surface area contributed by atoms with Crippen LogP contribution in [-0.4, -0.2) is 37.4 Å². The van der Waals surface area contributed by atoms with Crippen LogP contribution in [-0.2, 0) is 19.0 Å². The fourth-order valence-electron chi connectivity index (χ4n) is 1.19. The lowest BCUT2D eigenvalue weighted by Gasteiger charge is -2.23. The highest BCUT2D eigenvalue weighted by molar-refractivity contribution is 9.10. The van der Waals surface area contributed by atoms with Crippen molar-refractivity contribution in [1.82, 2.24) is 0 Å². The summed E-state index contributed by atoms with van der Waals surface area (Å²) in [4.78, 5) is 11.3. The van der Waals surface area contributed by atoms with Crippen LogP contribution in [0, 0.1) is 0 Å². The second-order valence-corrected chi connectivity index (χ2v) is 3.96. The highest BCUT2D eigenvalue weighted by Crippen LogP contribution is 2.36. The van der Waals surface area contributed by atoms with Gasteiger partial charge >= 0.3 is 5.97 Å². The molecule has 1 aliphatic rings. The van der Waals surface area contributed by atoms with E-state index in [9.17, 15) is 4.79 Å². The van der Waals surface area contributed by atoms with Crippen LogP contribution in [0.4, 0.5) is 0 Å². The minimum atomic E-state index is -0.823. The lowest BCUT2D eigenvalue weighted by atomic mass is 10.1. The summed E-state index contributed by atoms with van der Waals surface area (Å²) >= 11 is 3.27. The summed E-state index contributed by atoms with van der Waals surface area (Å²) in [7, 11) is 2.84. The summed E-state index contributed by atoms with van der Waals surface area (Å²) in [6.07, 6.45) is 0.0167. The van der Waals surface area contributed by atoms with Crippen molar-refractivity contribution in [3.63, 3.8) is 0 Å². The molecule has 70 valence electrons. The van der Waals surface area contributed by atoms with Gasteiger partial charge in [0.05, 0.1) is 13.7 Å². The van der Waals surface area contributed by atoms with Crippen molar-refractivity contribution in [2.75, 3.05) is 20.8 Å². The van der Waals surface area contributed by atoms with E-state index in [-0.39, 0.29) is 5.97 Å². The van der Waals surface area contributed by atoms with Gasteiger partial charge in [-0.05, 0) is 0 Å². The van der Waals surface area contributed by atoms with E-state index in [2.05, 4.69) is 20.7 Å². The highest BCUT2D eigenvalue weighted by atomic mass is 79.9. The van der Waals surface area contributed by atoms with Crippen LogP contribution in [0.25, 0.3) is 0 Å². The van der Waals surface area contributed by atoms with Crippen molar-refractivity contribution in [2.24, 2.45) is 0 Å². The molecule has 0 aliphatic carbocycles. The first kappa shape index (κ1) is 9.95. The molecule has 0 bridgehead atoms. The number of esters is 1. The molecule has 0 radical (unpaired) electrons. The molecule has 12 heavy (non-hydrogen) atoms. The Kier molecular flexibility index (Phi) is 3.09. The molecule has 0 amide bonds. The zero-order valence-corrected chi connectivity index (χ0v) is 8.59. The predicted molar refractivity (Wildman–Crippen MR) is 45.0 cm³/mol. The summed E-state index contributed by atoms with van der Waals surface area (Å²) in [6.45, 7) is 0.499. The SMILES string of the molecule is COC(=O)C1(Br)CCOC1OC. The summed E-state index contributed by atoms with van der Waals surface area (Å²) < 4.78 is 14.0. The molecule has 0 spiro atoms. The molecule has 1 aliphatic heterocycles. The normalized spacial score (nSPS) is 35.1. The Morgan fingerprint density at radius 1 is 1.67 bits per heavy atom. The summed E-state index contributed by atoms with van der Waals surface area (Å²) in [5.74, 6) is -0.355. The molecular formula is C7H11BrO4. The van der Waals surface area contributed by atoms with Crippen molar-refractivity contribution in [1.29, 1.82) is 0 Å². The summed E-state index contributed by atoms with van der Waals surface area (Å²) in [6, 6.07) is 0. The van der Waals surface area contributed by atoms with Crippen LogP contribution in [0.5, 0.6) is 0 Å². The van der Waals surface area contributed by atoms with Crippen molar-refractivity contribution in [3.8, 4) is 0 Å². The molecule has 0 N–H and O–H groups in total. The highest BCUT2D eigenvalue weighted by Gasteiger charge is 2.50. The van der Waals surface area contributed by atoms with Gasteiger partial charge in [-0.2, -0.15) is 0 Å². The fraction of sp³-hybridized carbons (Fsp3) is 0.857. The largest absolute Gasteiger partial charge is 0.468 e. The van der Waals surface area contributed by atoms with E-state index in [4.69, 9.17) is 9.47 Å². The Morgan fingerprint density at radius 3 is 2.83 bits per heavy atom. The van der Waals surface area contributed by atoms with Gasteiger partial charge in [0.25, 0.3) is 0 Å². The van der Waals surface area contributed by atoms with Gasteiger partial charge in [0, 0.05) is 13.5 Å². The Morgan fingerprint density at radius 2 is 2.33 bits per heavy atom. The minimum absolute atomic E-state index is 0.355. The number of hydrogen-bond acceptors (Lipinski definition) is 4. The average molecular weight is 239 g/mol. The molecule has 1 fully saturated rings. The smallest absolute Gasteiger partial charge is 0.327 e. The molecule has 0 saturated carbocycles. The van der Waals surface area contributed by atoms with E-state index >= 15 is 0 Å². The molecule has 0 aromatic heterocycles. The topological polar surface area (TPSA) is 44.8 Å². The molecule has 2 atom stereocenters. The van der Waals surface area contributed by atoms with Crippen LogP contribution < -0.4 is 0 Å². The molecule has 1 heterocycles. The first-order valence-electron chi connectivity index (χ1n) is 3.57. The third-order valence-electron chi connectivity index (χ3n) is 1.85. The molecular weight excluding hydrogens is 228 g/mol. The second-order valence-electron chi connectivity index (χ2n) is 2.54. The molecule has 2 unspecified atom stereocenters. The quantitative estimate of drug-likeness (QED) is 0.525.